The second-order valence-electron chi connectivity index (χ2n) is 8.92. The van der Waals surface area contributed by atoms with E-state index in [0.717, 1.165) is 40.2 Å². The van der Waals surface area contributed by atoms with Crippen LogP contribution in [0.4, 0.5) is 17.1 Å². The van der Waals surface area contributed by atoms with Crippen LogP contribution in [0.1, 0.15) is 51.9 Å². The van der Waals surface area contributed by atoms with E-state index in [9.17, 15) is 14.9 Å². The lowest BCUT2D eigenvalue weighted by Crippen LogP contribution is -2.26. The quantitative estimate of drug-likeness (QED) is 0.342. The molecule has 0 bridgehead atoms. The normalized spacial score (nSPS) is 19.8. The zero-order chi connectivity index (χ0) is 23.3. The predicted molar refractivity (Wildman–Crippen MR) is 132 cm³/mol. The smallest absolute Gasteiger partial charge is 0.272 e. The highest BCUT2D eigenvalue weighted by Crippen LogP contribution is 2.45. The molecule has 0 saturated carbocycles. The molecule has 1 aliphatic carbocycles. The lowest BCUT2D eigenvalue weighted by molar-refractivity contribution is -0.385. The van der Waals surface area contributed by atoms with Crippen molar-refractivity contribution in [3.63, 3.8) is 0 Å². The summed E-state index contributed by atoms with van der Waals surface area (Å²) in [6, 6.07) is 13.1. The number of Topliss-reactive ketones (excluding diaryl/α,β-unsaturated/α-hetero) is 1. The SMILES string of the molecule is Cc1cc2c(cc1C)NC(c1ccc(C)c([N+](=O)[O-])c1)C1=C(CC(c3cccs3)CC1=O)N2. The summed E-state index contributed by atoms with van der Waals surface area (Å²) < 4.78 is 0. The van der Waals surface area contributed by atoms with Crippen LogP contribution in [0.2, 0.25) is 0 Å². The first kappa shape index (κ1) is 21.4. The van der Waals surface area contributed by atoms with Gasteiger partial charge in [0, 0.05) is 40.1 Å². The molecule has 5 rings (SSSR count). The van der Waals surface area contributed by atoms with Crippen molar-refractivity contribution >= 4 is 34.2 Å². The molecule has 0 radical (unpaired) electrons. The minimum Gasteiger partial charge on any atom is -0.372 e. The first-order valence-electron chi connectivity index (χ1n) is 11.0. The van der Waals surface area contributed by atoms with Gasteiger partial charge in [-0.05, 0) is 67.5 Å². The molecule has 0 saturated heterocycles. The van der Waals surface area contributed by atoms with E-state index in [4.69, 9.17) is 0 Å². The first-order chi connectivity index (χ1) is 15.8. The summed E-state index contributed by atoms with van der Waals surface area (Å²) >= 11 is 1.68. The number of nitrogens with one attached hydrogen (secondary N) is 2. The van der Waals surface area contributed by atoms with Gasteiger partial charge in [0.05, 0.1) is 22.3 Å². The van der Waals surface area contributed by atoms with Crippen LogP contribution in [0.15, 0.2) is 59.1 Å². The fourth-order valence-corrected chi connectivity index (χ4v) is 5.62. The molecule has 1 aliphatic heterocycles. The molecule has 0 spiro atoms. The van der Waals surface area contributed by atoms with E-state index < -0.39 is 6.04 Å². The topological polar surface area (TPSA) is 84.3 Å². The van der Waals surface area contributed by atoms with Crippen molar-refractivity contribution in [1.29, 1.82) is 0 Å². The first-order valence-corrected chi connectivity index (χ1v) is 11.9. The number of hydrogen-bond acceptors (Lipinski definition) is 6. The third-order valence-corrected chi connectivity index (χ3v) is 7.76. The molecule has 2 heterocycles. The molecule has 6 nitrogen and oxygen atoms in total. The summed E-state index contributed by atoms with van der Waals surface area (Å²) in [6.45, 7) is 5.85. The molecule has 33 heavy (non-hydrogen) atoms. The van der Waals surface area contributed by atoms with Crippen molar-refractivity contribution in [3.8, 4) is 0 Å². The van der Waals surface area contributed by atoms with Crippen LogP contribution in [-0.2, 0) is 4.79 Å². The highest BCUT2D eigenvalue weighted by Gasteiger charge is 2.37. The number of nitrogens with zero attached hydrogens (tertiary/aromatic N) is 1. The number of nitro groups is 1. The maximum Gasteiger partial charge on any atom is 0.272 e. The summed E-state index contributed by atoms with van der Waals surface area (Å²) in [4.78, 5) is 26.0. The number of nitro benzene ring substituents is 1. The van der Waals surface area contributed by atoms with Crippen LogP contribution in [0.3, 0.4) is 0 Å². The number of aryl methyl sites for hydroxylation is 3. The van der Waals surface area contributed by atoms with Gasteiger partial charge in [-0.15, -0.1) is 11.3 Å². The molecule has 7 heteroatoms. The fraction of sp³-hybridized carbons (Fsp3) is 0.269. The Bertz CT molecular complexity index is 1310. The zero-order valence-corrected chi connectivity index (χ0v) is 19.6. The number of carbonyl (C=O) groups is 1. The molecule has 0 amide bonds. The summed E-state index contributed by atoms with van der Waals surface area (Å²) in [5, 5.41) is 20.8. The minimum absolute atomic E-state index is 0.0636. The number of allylic oxidation sites excluding steroid dienone is 1. The van der Waals surface area contributed by atoms with Crippen LogP contribution in [-0.4, -0.2) is 10.7 Å². The average Bonchev–Trinajstić information content (AvgIpc) is 3.26. The maximum absolute atomic E-state index is 13.6. The van der Waals surface area contributed by atoms with Gasteiger partial charge in [0.2, 0.25) is 0 Å². The lowest BCUT2D eigenvalue weighted by Gasteiger charge is -2.29. The average molecular weight is 460 g/mol. The third-order valence-electron chi connectivity index (χ3n) is 6.72. The third kappa shape index (κ3) is 3.82. The van der Waals surface area contributed by atoms with Crippen molar-refractivity contribution in [3.05, 3.63) is 96.4 Å². The fourth-order valence-electron chi connectivity index (χ4n) is 4.79. The summed E-state index contributed by atoms with van der Waals surface area (Å²) in [6.07, 6.45) is 1.15. The van der Waals surface area contributed by atoms with Gasteiger partial charge in [-0.25, -0.2) is 0 Å². The Morgan fingerprint density at radius 1 is 1.00 bits per heavy atom. The highest BCUT2D eigenvalue weighted by atomic mass is 32.1. The Morgan fingerprint density at radius 2 is 1.76 bits per heavy atom. The molecule has 2 N–H and O–H groups in total. The van der Waals surface area contributed by atoms with E-state index in [-0.39, 0.29) is 22.3 Å². The molecular weight excluding hydrogens is 434 g/mol. The summed E-state index contributed by atoms with van der Waals surface area (Å²) in [5.41, 5.74) is 7.06. The predicted octanol–water partition coefficient (Wildman–Crippen LogP) is 6.56. The number of thiophene rings is 1. The van der Waals surface area contributed by atoms with E-state index in [0.29, 0.717) is 17.6 Å². The van der Waals surface area contributed by atoms with Gasteiger partial charge in [0.1, 0.15) is 0 Å². The van der Waals surface area contributed by atoms with Gasteiger partial charge < -0.3 is 10.6 Å². The van der Waals surface area contributed by atoms with Gasteiger partial charge in [-0.1, -0.05) is 18.2 Å². The van der Waals surface area contributed by atoms with Gasteiger partial charge in [0.15, 0.2) is 5.78 Å². The van der Waals surface area contributed by atoms with Crippen LogP contribution in [0, 0.1) is 30.9 Å². The van der Waals surface area contributed by atoms with Crippen LogP contribution in [0.25, 0.3) is 0 Å². The lowest BCUT2D eigenvalue weighted by atomic mass is 9.80. The molecule has 168 valence electrons. The van der Waals surface area contributed by atoms with Gasteiger partial charge in [-0.3, -0.25) is 14.9 Å². The summed E-state index contributed by atoms with van der Waals surface area (Å²) in [7, 11) is 0. The number of anilines is 2. The maximum atomic E-state index is 13.6. The second kappa shape index (κ2) is 8.15. The van der Waals surface area contributed by atoms with Crippen LogP contribution in [0.5, 0.6) is 0 Å². The Morgan fingerprint density at radius 3 is 2.45 bits per heavy atom. The van der Waals surface area contributed by atoms with Crippen LogP contribution < -0.4 is 10.6 Å². The number of rotatable bonds is 3. The Labute approximate surface area is 196 Å². The molecule has 1 aromatic heterocycles. The number of ketones is 1. The van der Waals surface area contributed by atoms with E-state index in [1.54, 1.807) is 30.4 Å². The van der Waals surface area contributed by atoms with Crippen molar-refractivity contribution in [2.24, 2.45) is 0 Å². The minimum atomic E-state index is -0.466. The van der Waals surface area contributed by atoms with E-state index in [1.165, 1.54) is 4.88 Å². The standard InChI is InChI=1S/C26H25N3O3S/c1-14-6-7-17(12-22(14)29(31)32)26-25-21(11-18(13-23(25)30)24-5-4-8-33-24)27-19-9-15(2)16(3)10-20(19)28-26/h4-10,12,18,26-28H,11,13H2,1-3H3. The van der Waals surface area contributed by atoms with Crippen molar-refractivity contribution in [1.82, 2.24) is 0 Å². The Hall–Kier alpha value is -3.45. The number of benzene rings is 2. The zero-order valence-electron chi connectivity index (χ0n) is 18.8. The molecule has 2 aromatic carbocycles. The van der Waals surface area contributed by atoms with E-state index >= 15 is 0 Å². The molecular formula is C26H25N3O3S. The largest absolute Gasteiger partial charge is 0.372 e. The molecule has 2 aliphatic rings. The number of carbonyl (C=O) groups excluding carboxylic acids is 1. The Balaban J connectivity index is 1.67. The molecule has 2 atom stereocenters. The van der Waals surface area contributed by atoms with Crippen molar-refractivity contribution in [2.45, 2.75) is 45.6 Å². The van der Waals surface area contributed by atoms with Gasteiger partial charge >= 0.3 is 0 Å². The van der Waals surface area contributed by atoms with Gasteiger partial charge in [-0.2, -0.15) is 0 Å². The number of hydrogen-bond donors (Lipinski definition) is 2. The molecule has 0 fully saturated rings. The second-order valence-corrected chi connectivity index (χ2v) is 9.90. The van der Waals surface area contributed by atoms with E-state index in [1.807, 2.05) is 17.5 Å². The van der Waals surface area contributed by atoms with Gasteiger partial charge in [0.25, 0.3) is 5.69 Å². The van der Waals surface area contributed by atoms with Crippen molar-refractivity contribution in [2.75, 3.05) is 10.6 Å². The highest BCUT2D eigenvalue weighted by molar-refractivity contribution is 7.10. The number of fused-ring (bicyclic) bond motifs is 1. The monoisotopic (exact) mass is 459 g/mol. The van der Waals surface area contributed by atoms with Crippen molar-refractivity contribution < 1.29 is 9.72 Å². The molecule has 3 aromatic rings. The molecule has 2 unspecified atom stereocenters. The van der Waals surface area contributed by atoms with Crippen LogP contribution >= 0.6 is 11.3 Å². The Kier molecular flexibility index (Phi) is 5.29. The summed E-state index contributed by atoms with van der Waals surface area (Å²) in [5.74, 6) is 0.203. The van der Waals surface area contributed by atoms with E-state index in [2.05, 4.69) is 42.7 Å².